The lowest BCUT2D eigenvalue weighted by Crippen LogP contribution is -2.41. The first kappa shape index (κ1) is 16.5. The van der Waals surface area contributed by atoms with Crippen LogP contribution in [0.15, 0.2) is 6.07 Å². The van der Waals surface area contributed by atoms with Crippen LogP contribution in [-0.4, -0.2) is 23.1 Å². The van der Waals surface area contributed by atoms with E-state index >= 15 is 0 Å². The van der Waals surface area contributed by atoms with E-state index < -0.39 is 5.97 Å². The molecule has 0 radical (unpaired) electrons. The van der Waals surface area contributed by atoms with Crippen LogP contribution in [0.25, 0.3) is 0 Å². The molecule has 112 valence electrons. The zero-order chi connectivity index (χ0) is 15.3. The summed E-state index contributed by atoms with van der Waals surface area (Å²) in [7, 11) is 0. The van der Waals surface area contributed by atoms with Crippen LogP contribution in [0, 0.1) is 13.8 Å². The number of carbonyl (C=O) groups is 2. The Labute approximate surface area is 123 Å². The Hall–Kier alpha value is -1.56. The normalized spacial score (nSPS) is 13.6. The molecule has 0 saturated carbocycles. The van der Waals surface area contributed by atoms with Crippen molar-refractivity contribution in [3.63, 3.8) is 0 Å². The maximum atomic E-state index is 11.8. The number of carboxylic acids is 1. The molecule has 2 atom stereocenters. The van der Waals surface area contributed by atoms with Gasteiger partial charge in [-0.25, -0.2) is 4.79 Å². The third-order valence-corrected chi connectivity index (χ3v) is 4.04. The van der Waals surface area contributed by atoms with E-state index in [1.807, 2.05) is 20.8 Å². The standard InChI is InChI=1S/C14H22N2O3S/c1-8(5-6-13(17)18)15-14(19)16-10(3)12-7-9(2)20-11(12)4/h7-8,10H,5-6H2,1-4H3,(H,17,18)(H2,15,16,19). The Kier molecular flexibility index (Phi) is 6.01. The molecule has 0 bridgehead atoms. The molecular formula is C14H22N2O3S. The quantitative estimate of drug-likeness (QED) is 0.755. The van der Waals surface area contributed by atoms with Gasteiger partial charge >= 0.3 is 12.0 Å². The number of carboxylic acid groups (broad SMARTS) is 1. The molecule has 1 aromatic rings. The lowest BCUT2D eigenvalue weighted by molar-refractivity contribution is -0.137. The van der Waals surface area contributed by atoms with Gasteiger partial charge in [0, 0.05) is 22.2 Å². The highest BCUT2D eigenvalue weighted by molar-refractivity contribution is 7.12. The second-order valence-corrected chi connectivity index (χ2v) is 6.50. The summed E-state index contributed by atoms with van der Waals surface area (Å²) in [5.74, 6) is -0.850. The van der Waals surface area contributed by atoms with E-state index in [0.29, 0.717) is 6.42 Å². The van der Waals surface area contributed by atoms with E-state index in [-0.39, 0.29) is 24.5 Å². The molecule has 0 spiro atoms. The first-order valence-corrected chi connectivity index (χ1v) is 7.47. The summed E-state index contributed by atoms with van der Waals surface area (Å²) in [6, 6.07) is 1.59. The molecule has 2 amide bonds. The van der Waals surface area contributed by atoms with E-state index in [0.717, 1.165) is 5.56 Å². The molecule has 0 aromatic carbocycles. The predicted octanol–water partition coefficient (Wildman–Crippen LogP) is 2.98. The molecule has 3 N–H and O–H groups in total. The van der Waals surface area contributed by atoms with Gasteiger partial charge < -0.3 is 15.7 Å². The molecule has 6 heteroatoms. The van der Waals surface area contributed by atoms with Crippen molar-refractivity contribution in [2.75, 3.05) is 0 Å². The molecule has 2 unspecified atom stereocenters. The molecule has 0 saturated heterocycles. The van der Waals surface area contributed by atoms with E-state index in [9.17, 15) is 9.59 Å². The zero-order valence-electron chi connectivity index (χ0n) is 12.3. The van der Waals surface area contributed by atoms with E-state index in [1.54, 1.807) is 18.3 Å². The van der Waals surface area contributed by atoms with Crippen molar-refractivity contribution in [3.05, 3.63) is 21.4 Å². The summed E-state index contributed by atoms with van der Waals surface area (Å²) >= 11 is 1.71. The zero-order valence-corrected chi connectivity index (χ0v) is 13.1. The van der Waals surface area contributed by atoms with Crippen LogP contribution in [0.3, 0.4) is 0 Å². The van der Waals surface area contributed by atoms with Crippen LogP contribution in [0.4, 0.5) is 4.79 Å². The summed E-state index contributed by atoms with van der Waals surface area (Å²) in [5, 5.41) is 14.2. The van der Waals surface area contributed by atoms with Crippen molar-refractivity contribution in [2.45, 2.75) is 52.6 Å². The van der Waals surface area contributed by atoms with Crippen molar-refractivity contribution in [3.8, 4) is 0 Å². The number of thiophene rings is 1. The number of hydrogen-bond donors (Lipinski definition) is 3. The van der Waals surface area contributed by atoms with Crippen LogP contribution in [0.5, 0.6) is 0 Å². The lowest BCUT2D eigenvalue weighted by atomic mass is 10.1. The third-order valence-electron chi connectivity index (χ3n) is 3.06. The molecule has 1 rings (SSSR count). The molecular weight excluding hydrogens is 276 g/mol. The first-order valence-electron chi connectivity index (χ1n) is 6.65. The number of amides is 2. The Bertz CT molecular complexity index is 485. The van der Waals surface area contributed by atoms with Gasteiger partial charge in [0.2, 0.25) is 0 Å². The van der Waals surface area contributed by atoms with Gasteiger partial charge in [0.25, 0.3) is 0 Å². The second kappa shape index (κ2) is 7.28. The van der Waals surface area contributed by atoms with Gasteiger partial charge in [0.05, 0.1) is 6.04 Å². The minimum absolute atomic E-state index is 0.0554. The fraction of sp³-hybridized carbons (Fsp3) is 0.571. The summed E-state index contributed by atoms with van der Waals surface area (Å²) in [5.41, 5.74) is 1.13. The number of hydrogen-bond acceptors (Lipinski definition) is 3. The molecule has 5 nitrogen and oxygen atoms in total. The first-order chi connectivity index (χ1) is 9.29. The summed E-state index contributed by atoms with van der Waals surface area (Å²) in [6.07, 6.45) is 0.480. The summed E-state index contributed by atoms with van der Waals surface area (Å²) in [6.45, 7) is 7.82. The van der Waals surface area contributed by atoms with Gasteiger partial charge in [0.15, 0.2) is 0 Å². The molecule has 0 fully saturated rings. The van der Waals surface area contributed by atoms with Crippen LogP contribution < -0.4 is 10.6 Å². The molecule has 1 aromatic heterocycles. The Balaban J connectivity index is 2.45. The highest BCUT2D eigenvalue weighted by Crippen LogP contribution is 2.25. The number of aryl methyl sites for hydroxylation is 2. The maximum absolute atomic E-state index is 11.8. The molecule has 20 heavy (non-hydrogen) atoms. The van der Waals surface area contributed by atoms with E-state index in [1.165, 1.54) is 9.75 Å². The van der Waals surface area contributed by atoms with Crippen molar-refractivity contribution >= 4 is 23.3 Å². The Morgan fingerprint density at radius 1 is 1.30 bits per heavy atom. The van der Waals surface area contributed by atoms with Crippen LogP contribution >= 0.6 is 11.3 Å². The second-order valence-electron chi connectivity index (χ2n) is 5.04. The van der Waals surface area contributed by atoms with Gasteiger partial charge in [-0.2, -0.15) is 0 Å². The monoisotopic (exact) mass is 298 g/mol. The fourth-order valence-electron chi connectivity index (χ4n) is 2.03. The SMILES string of the molecule is Cc1cc(C(C)NC(=O)NC(C)CCC(=O)O)c(C)s1. The topological polar surface area (TPSA) is 78.4 Å². The van der Waals surface area contributed by atoms with Gasteiger partial charge in [0.1, 0.15) is 0 Å². The average Bonchev–Trinajstić information content (AvgIpc) is 2.65. The van der Waals surface area contributed by atoms with Crippen LogP contribution in [0.2, 0.25) is 0 Å². The van der Waals surface area contributed by atoms with E-state index in [4.69, 9.17) is 5.11 Å². The van der Waals surface area contributed by atoms with Crippen LogP contribution in [0.1, 0.15) is 48.0 Å². The maximum Gasteiger partial charge on any atom is 0.315 e. The predicted molar refractivity (Wildman–Crippen MR) is 80.2 cm³/mol. The molecule has 1 heterocycles. The minimum atomic E-state index is -0.850. The van der Waals surface area contributed by atoms with Crippen molar-refractivity contribution < 1.29 is 14.7 Å². The lowest BCUT2D eigenvalue weighted by Gasteiger charge is -2.18. The summed E-state index contributed by atoms with van der Waals surface area (Å²) in [4.78, 5) is 24.7. The third kappa shape index (κ3) is 5.21. The number of rotatable bonds is 6. The average molecular weight is 298 g/mol. The fourth-order valence-corrected chi connectivity index (χ4v) is 3.05. The minimum Gasteiger partial charge on any atom is -0.481 e. The Morgan fingerprint density at radius 3 is 2.45 bits per heavy atom. The van der Waals surface area contributed by atoms with Gasteiger partial charge in [-0.3, -0.25) is 4.79 Å². The number of carbonyl (C=O) groups excluding carboxylic acids is 1. The van der Waals surface area contributed by atoms with Crippen LogP contribution in [-0.2, 0) is 4.79 Å². The molecule has 0 aliphatic carbocycles. The Morgan fingerprint density at radius 2 is 1.95 bits per heavy atom. The van der Waals surface area contributed by atoms with Crippen molar-refractivity contribution in [2.24, 2.45) is 0 Å². The van der Waals surface area contributed by atoms with Crippen molar-refractivity contribution in [1.82, 2.24) is 10.6 Å². The highest BCUT2D eigenvalue weighted by Gasteiger charge is 2.15. The van der Waals surface area contributed by atoms with Crippen molar-refractivity contribution in [1.29, 1.82) is 0 Å². The largest absolute Gasteiger partial charge is 0.481 e. The van der Waals surface area contributed by atoms with E-state index in [2.05, 4.69) is 16.7 Å². The number of aliphatic carboxylic acids is 1. The number of urea groups is 1. The summed E-state index contributed by atoms with van der Waals surface area (Å²) < 4.78 is 0. The number of nitrogens with one attached hydrogen (secondary N) is 2. The van der Waals surface area contributed by atoms with Gasteiger partial charge in [-0.1, -0.05) is 0 Å². The van der Waals surface area contributed by atoms with Gasteiger partial charge in [-0.15, -0.1) is 11.3 Å². The molecule has 0 aliphatic heterocycles. The smallest absolute Gasteiger partial charge is 0.315 e. The molecule has 0 aliphatic rings. The highest BCUT2D eigenvalue weighted by atomic mass is 32.1. The van der Waals surface area contributed by atoms with Gasteiger partial charge in [-0.05, 0) is 45.7 Å².